The van der Waals surface area contributed by atoms with Gasteiger partial charge < -0.3 is 10.2 Å². The summed E-state index contributed by atoms with van der Waals surface area (Å²) in [5.41, 5.74) is 0.898. The van der Waals surface area contributed by atoms with Gasteiger partial charge in [-0.1, -0.05) is 29.8 Å². The summed E-state index contributed by atoms with van der Waals surface area (Å²) in [7, 11) is -4.46. The Hall–Kier alpha value is -2.56. The maximum Gasteiger partial charge on any atom is 0.328 e. The van der Waals surface area contributed by atoms with Crippen molar-refractivity contribution >= 4 is 33.7 Å². The average molecular weight is 479 g/mol. The van der Waals surface area contributed by atoms with Crippen LogP contribution in [0.5, 0.6) is 5.75 Å². The highest BCUT2D eigenvalue weighted by atomic mass is 32.2. The zero-order valence-corrected chi connectivity index (χ0v) is 19.6. The summed E-state index contributed by atoms with van der Waals surface area (Å²) in [5, 5.41) is 21.7. The van der Waals surface area contributed by atoms with Crippen molar-refractivity contribution in [3.63, 3.8) is 0 Å². The smallest absolute Gasteiger partial charge is 0.328 e. The first-order valence-corrected chi connectivity index (χ1v) is 12.4. The number of thioether (sulfide) groups is 1. The van der Waals surface area contributed by atoms with E-state index in [1.54, 1.807) is 19.1 Å². The van der Waals surface area contributed by atoms with E-state index in [4.69, 9.17) is 0 Å². The predicted molar refractivity (Wildman–Crippen MR) is 122 cm³/mol. The van der Waals surface area contributed by atoms with Crippen LogP contribution in [-0.2, 0) is 26.0 Å². The van der Waals surface area contributed by atoms with E-state index in [1.807, 2.05) is 13.8 Å². The number of phenols is 1. The monoisotopic (exact) mass is 478 g/mol. The van der Waals surface area contributed by atoms with Crippen LogP contribution < -0.4 is 5.32 Å². The highest BCUT2D eigenvalue weighted by Crippen LogP contribution is 2.31. The fourth-order valence-corrected chi connectivity index (χ4v) is 6.31. The van der Waals surface area contributed by atoms with Crippen LogP contribution in [0.15, 0.2) is 53.4 Å². The number of hydrogen-bond acceptors (Lipinski definition) is 7. The molecule has 1 amide bonds. The first-order chi connectivity index (χ1) is 14.9. The molecule has 1 heterocycles. The molecule has 2 aromatic carbocycles. The second kappa shape index (κ2) is 9.13. The Bertz CT molecular complexity index is 1100. The second-order valence-corrected chi connectivity index (χ2v) is 11.3. The molecule has 1 aliphatic heterocycles. The van der Waals surface area contributed by atoms with Crippen LogP contribution in [0.25, 0.3) is 0 Å². The standard InChI is InChI=1S/C22H26N2O6S2/c1-14-4-10-17(11-5-14)32(29,30)24(20(26)19-23-22(2,3)13-31-19)18(21(27)28)12-15-6-8-16(25)9-7-15/h4-11,18-19,23,25H,12-13H2,1-3H3,(H,27,28)/t18-,19-/m0/s1. The molecule has 10 heteroatoms. The fraction of sp³-hybridized carbons (Fsp3) is 0.364. The van der Waals surface area contributed by atoms with Crippen LogP contribution >= 0.6 is 11.8 Å². The van der Waals surface area contributed by atoms with Gasteiger partial charge in [-0.15, -0.1) is 11.8 Å². The number of aromatic hydroxyl groups is 1. The molecule has 2 aromatic rings. The number of amides is 1. The van der Waals surface area contributed by atoms with Gasteiger partial charge in [0.05, 0.1) is 4.90 Å². The van der Waals surface area contributed by atoms with E-state index in [0.29, 0.717) is 15.6 Å². The summed E-state index contributed by atoms with van der Waals surface area (Å²) < 4.78 is 27.6. The van der Waals surface area contributed by atoms with Crippen molar-refractivity contribution in [3.8, 4) is 5.75 Å². The van der Waals surface area contributed by atoms with Gasteiger partial charge in [0.1, 0.15) is 17.2 Å². The maximum absolute atomic E-state index is 13.6. The van der Waals surface area contributed by atoms with Gasteiger partial charge in [-0.05, 0) is 50.6 Å². The van der Waals surface area contributed by atoms with Crippen molar-refractivity contribution in [1.29, 1.82) is 0 Å². The van der Waals surface area contributed by atoms with Crippen molar-refractivity contribution in [2.24, 2.45) is 0 Å². The Morgan fingerprint density at radius 3 is 2.25 bits per heavy atom. The van der Waals surface area contributed by atoms with Crippen molar-refractivity contribution in [2.75, 3.05) is 5.75 Å². The number of aliphatic carboxylic acids is 1. The van der Waals surface area contributed by atoms with Gasteiger partial charge in [0, 0.05) is 17.7 Å². The van der Waals surface area contributed by atoms with Gasteiger partial charge >= 0.3 is 5.97 Å². The van der Waals surface area contributed by atoms with E-state index in [2.05, 4.69) is 5.32 Å². The lowest BCUT2D eigenvalue weighted by molar-refractivity contribution is -0.146. The number of carbonyl (C=O) groups is 2. The number of benzene rings is 2. The average Bonchev–Trinajstić information content (AvgIpc) is 3.08. The van der Waals surface area contributed by atoms with E-state index in [0.717, 1.165) is 5.56 Å². The molecule has 0 aliphatic carbocycles. The van der Waals surface area contributed by atoms with Gasteiger partial charge in [-0.3, -0.25) is 10.1 Å². The van der Waals surface area contributed by atoms with E-state index in [1.165, 1.54) is 48.2 Å². The number of phenolic OH excluding ortho intramolecular Hbond substituents is 1. The summed E-state index contributed by atoms with van der Waals surface area (Å²) in [6, 6.07) is 10.0. The minimum absolute atomic E-state index is 0.00498. The maximum atomic E-state index is 13.6. The Balaban J connectivity index is 2.06. The van der Waals surface area contributed by atoms with Gasteiger partial charge in [0.25, 0.3) is 15.9 Å². The third-order valence-corrected chi connectivity index (χ3v) is 8.45. The minimum Gasteiger partial charge on any atom is -0.508 e. The topological polar surface area (TPSA) is 124 Å². The Labute approximate surface area is 191 Å². The summed E-state index contributed by atoms with van der Waals surface area (Å²) in [5.74, 6) is -1.70. The SMILES string of the molecule is Cc1ccc(S(=O)(=O)N(C(=O)[C@H]2NC(C)(C)CS2)[C@@H](Cc2ccc(O)cc2)C(=O)O)cc1. The second-order valence-electron chi connectivity index (χ2n) is 8.40. The van der Waals surface area contributed by atoms with E-state index < -0.39 is 38.9 Å². The van der Waals surface area contributed by atoms with Crippen molar-refractivity contribution in [2.45, 2.75) is 49.0 Å². The molecule has 8 nitrogen and oxygen atoms in total. The third kappa shape index (κ3) is 5.25. The van der Waals surface area contributed by atoms with E-state index in [-0.39, 0.29) is 17.1 Å². The molecule has 1 fully saturated rings. The highest BCUT2D eigenvalue weighted by Gasteiger charge is 2.45. The van der Waals surface area contributed by atoms with Crippen LogP contribution in [0, 0.1) is 6.92 Å². The van der Waals surface area contributed by atoms with Crippen LogP contribution in [0.2, 0.25) is 0 Å². The molecule has 1 saturated heterocycles. The van der Waals surface area contributed by atoms with E-state index in [9.17, 15) is 28.2 Å². The number of carboxylic acid groups (broad SMARTS) is 1. The number of sulfonamides is 1. The van der Waals surface area contributed by atoms with Crippen molar-refractivity contribution < 1.29 is 28.2 Å². The molecule has 2 atom stereocenters. The molecule has 3 rings (SSSR count). The largest absolute Gasteiger partial charge is 0.508 e. The van der Waals surface area contributed by atoms with Crippen molar-refractivity contribution in [1.82, 2.24) is 9.62 Å². The van der Waals surface area contributed by atoms with Crippen LogP contribution in [0.1, 0.15) is 25.0 Å². The molecular weight excluding hydrogens is 452 g/mol. The molecule has 0 unspecified atom stereocenters. The van der Waals surface area contributed by atoms with Gasteiger partial charge in [-0.2, -0.15) is 0 Å². The highest BCUT2D eigenvalue weighted by molar-refractivity contribution is 8.01. The lowest BCUT2D eigenvalue weighted by Gasteiger charge is -2.31. The predicted octanol–water partition coefficient (Wildman–Crippen LogP) is 2.35. The number of carbonyl (C=O) groups excluding carboxylic acids is 1. The molecule has 3 N–H and O–H groups in total. The van der Waals surface area contributed by atoms with Crippen LogP contribution in [-0.4, -0.2) is 57.5 Å². The normalized spacial score (nSPS) is 18.8. The Kier molecular flexibility index (Phi) is 6.87. The number of nitrogens with zero attached hydrogens (tertiary/aromatic N) is 1. The lowest BCUT2D eigenvalue weighted by Crippen LogP contribution is -2.55. The molecule has 0 aromatic heterocycles. The van der Waals surface area contributed by atoms with Crippen molar-refractivity contribution in [3.05, 3.63) is 59.7 Å². The molecule has 0 saturated carbocycles. The third-order valence-electron chi connectivity index (χ3n) is 5.09. The molecule has 0 bridgehead atoms. The van der Waals surface area contributed by atoms with Gasteiger partial charge in [-0.25, -0.2) is 17.5 Å². The summed E-state index contributed by atoms with van der Waals surface area (Å²) in [6.45, 7) is 5.57. The fourth-order valence-electron chi connectivity index (χ4n) is 3.37. The quantitative estimate of drug-likeness (QED) is 0.554. The summed E-state index contributed by atoms with van der Waals surface area (Å²) >= 11 is 1.24. The molecule has 172 valence electrons. The number of aryl methyl sites for hydroxylation is 1. The van der Waals surface area contributed by atoms with Gasteiger partial charge in [0.2, 0.25) is 0 Å². The number of nitrogens with one attached hydrogen (secondary N) is 1. The number of carboxylic acids is 1. The molecule has 0 radical (unpaired) electrons. The molecule has 32 heavy (non-hydrogen) atoms. The number of hydrogen-bond donors (Lipinski definition) is 3. The Morgan fingerprint density at radius 2 is 1.75 bits per heavy atom. The van der Waals surface area contributed by atoms with Crippen LogP contribution in [0.4, 0.5) is 0 Å². The number of rotatable bonds is 7. The molecular formula is C22H26N2O6S2. The summed E-state index contributed by atoms with van der Waals surface area (Å²) in [6.07, 6.45) is -0.243. The van der Waals surface area contributed by atoms with E-state index >= 15 is 0 Å². The molecule has 1 aliphatic rings. The lowest BCUT2D eigenvalue weighted by atomic mass is 10.1. The Morgan fingerprint density at radius 1 is 1.16 bits per heavy atom. The first kappa shape index (κ1) is 24.1. The zero-order chi connectivity index (χ0) is 23.7. The minimum atomic E-state index is -4.46. The zero-order valence-electron chi connectivity index (χ0n) is 18.0. The summed E-state index contributed by atoms with van der Waals surface area (Å²) in [4.78, 5) is 25.6. The first-order valence-electron chi connectivity index (χ1n) is 9.96. The van der Waals surface area contributed by atoms with Gasteiger partial charge in [0.15, 0.2) is 0 Å². The van der Waals surface area contributed by atoms with Crippen LogP contribution in [0.3, 0.4) is 0 Å². The molecule has 0 spiro atoms.